The van der Waals surface area contributed by atoms with E-state index in [0.29, 0.717) is 42.6 Å². The number of nitrogens with zero attached hydrogens (tertiary/aromatic N) is 2. The van der Waals surface area contributed by atoms with E-state index in [-0.39, 0.29) is 5.91 Å². The minimum atomic E-state index is 0.0206. The van der Waals surface area contributed by atoms with E-state index in [1.165, 1.54) is 0 Å². The van der Waals surface area contributed by atoms with E-state index in [9.17, 15) is 4.79 Å². The van der Waals surface area contributed by atoms with Gasteiger partial charge in [-0.2, -0.15) is 0 Å². The minimum absolute atomic E-state index is 0.0206. The number of aryl methyl sites for hydroxylation is 1. The van der Waals surface area contributed by atoms with Gasteiger partial charge in [0.05, 0.1) is 30.6 Å². The molecule has 0 bridgehead atoms. The fourth-order valence-corrected chi connectivity index (χ4v) is 3.95. The number of aromatic nitrogens is 1. The van der Waals surface area contributed by atoms with Crippen LogP contribution in [-0.4, -0.2) is 15.8 Å². The largest absolute Gasteiger partial charge is 0.467 e. The maximum atomic E-state index is 12.9. The van der Waals surface area contributed by atoms with Crippen molar-refractivity contribution in [1.82, 2.24) is 9.88 Å². The Morgan fingerprint density at radius 1 is 1.10 bits per heavy atom. The molecule has 1 aromatic carbocycles. The minimum Gasteiger partial charge on any atom is -0.467 e. The zero-order valence-electron chi connectivity index (χ0n) is 15.6. The molecule has 29 heavy (non-hydrogen) atoms. The first-order chi connectivity index (χ1) is 14.2. The van der Waals surface area contributed by atoms with Gasteiger partial charge in [-0.1, -0.05) is 29.8 Å². The second-order valence-electron chi connectivity index (χ2n) is 6.51. The van der Waals surface area contributed by atoms with Crippen molar-refractivity contribution < 1.29 is 13.6 Å². The van der Waals surface area contributed by atoms with Gasteiger partial charge < -0.3 is 13.7 Å². The molecular formula is C22H19ClN2O3S. The van der Waals surface area contributed by atoms with Gasteiger partial charge in [-0.25, -0.2) is 4.98 Å². The predicted molar refractivity (Wildman–Crippen MR) is 113 cm³/mol. The van der Waals surface area contributed by atoms with Gasteiger partial charge >= 0.3 is 0 Å². The molecule has 4 rings (SSSR count). The summed E-state index contributed by atoms with van der Waals surface area (Å²) in [6, 6.07) is 15.1. The lowest BCUT2D eigenvalue weighted by molar-refractivity contribution is -0.132. The van der Waals surface area contributed by atoms with E-state index in [0.717, 1.165) is 16.2 Å². The lowest BCUT2D eigenvalue weighted by Gasteiger charge is -2.21. The molecule has 0 saturated heterocycles. The molecule has 5 nitrogen and oxygen atoms in total. The van der Waals surface area contributed by atoms with E-state index < -0.39 is 0 Å². The van der Waals surface area contributed by atoms with Crippen molar-refractivity contribution in [3.63, 3.8) is 0 Å². The maximum absolute atomic E-state index is 12.9. The summed E-state index contributed by atoms with van der Waals surface area (Å²) in [7, 11) is 0. The first-order valence-corrected chi connectivity index (χ1v) is 10.5. The molecule has 0 fully saturated rings. The number of benzene rings is 1. The highest BCUT2D eigenvalue weighted by Gasteiger charge is 2.18. The monoisotopic (exact) mass is 426 g/mol. The number of carbonyl (C=O) groups is 1. The molecule has 0 saturated carbocycles. The third-order valence-corrected chi connectivity index (χ3v) is 5.64. The highest BCUT2D eigenvalue weighted by Crippen LogP contribution is 2.28. The van der Waals surface area contributed by atoms with Crippen LogP contribution in [0.25, 0.3) is 11.3 Å². The average molecular weight is 427 g/mol. The number of rotatable bonds is 8. The zero-order chi connectivity index (χ0) is 20.1. The Hall–Kier alpha value is -2.83. The van der Waals surface area contributed by atoms with Crippen LogP contribution in [0, 0.1) is 0 Å². The van der Waals surface area contributed by atoms with Gasteiger partial charge in [0.1, 0.15) is 5.76 Å². The molecule has 1 amide bonds. The third-order valence-electron chi connectivity index (χ3n) is 4.45. The van der Waals surface area contributed by atoms with E-state index >= 15 is 0 Å². The molecule has 0 N–H and O–H groups in total. The van der Waals surface area contributed by atoms with Crippen LogP contribution in [0.2, 0.25) is 5.02 Å². The number of hydrogen-bond acceptors (Lipinski definition) is 5. The lowest BCUT2D eigenvalue weighted by atomic mass is 10.2. The van der Waals surface area contributed by atoms with Crippen LogP contribution in [0.1, 0.15) is 22.9 Å². The Kier molecular flexibility index (Phi) is 6.12. The van der Waals surface area contributed by atoms with Gasteiger partial charge in [0, 0.05) is 23.3 Å². The molecular weight excluding hydrogens is 408 g/mol. The van der Waals surface area contributed by atoms with Crippen molar-refractivity contribution in [2.24, 2.45) is 0 Å². The van der Waals surface area contributed by atoms with Crippen molar-refractivity contribution in [3.05, 3.63) is 87.9 Å². The Morgan fingerprint density at radius 2 is 2.00 bits per heavy atom. The van der Waals surface area contributed by atoms with E-state index in [1.54, 1.807) is 34.8 Å². The molecule has 7 heteroatoms. The fraction of sp³-hybridized carbons (Fsp3) is 0.182. The Labute approximate surface area is 177 Å². The SMILES string of the molecule is O=C(CCc1ncc(-c2ccccc2Cl)o1)N(Cc1ccco1)Cc1cccs1. The summed E-state index contributed by atoms with van der Waals surface area (Å²) < 4.78 is 11.2. The van der Waals surface area contributed by atoms with Gasteiger partial charge in [0.2, 0.25) is 5.91 Å². The van der Waals surface area contributed by atoms with Crippen LogP contribution in [0.5, 0.6) is 0 Å². The number of thiophene rings is 1. The number of furan rings is 1. The van der Waals surface area contributed by atoms with Gasteiger partial charge in [0.25, 0.3) is 0 Å². The number of oxazole rings is 1. The van der Waals surface area contributed by atoms with Crippen molar-refractivity contribution in [3.8, 4) is 11.3 Å². The number of hydrogen-bond donors (Lipinski definition) is 0. The second kappa shape index (κ2) is 9.11. The van der Waals surface area contributed by atoms with Crippen LogP contribution in [0.3, 0.4) is 0 Å². The summed E-state index contributed by atoms with van der Waals surface area (Å²) in [6.07, 6.45) is 3.98. The topological polar surface area (TPSA) is 59.5 Å². The summed E-state index contributed by atoms with van der Waals surface area (Å²) in [5.74, 6) is 1.89. The molecule has 0 atom stereocenters. The van der Waals surface area contributed by atoms with Crippen LogP contribution in [0.15, 0.2) is 75.2 Å². The van der Waals surface area contributed by atoms with E-state index in [4.69, 9.17) is 20.4 Å². The zero-order valence-corrected chi connectivity index (χ0v) is 17.2. The van der Waals surface area contributed by atoms with Crippen molar-refractivity contribution in [1.29, 1.82) is 0 Å². The second-order valence-corrected chi connectivity index (χ2v) is 7.95. The first-order valence-electron chi connectivity index (χ1n) is 9.21. The van der Waals surface area contributed by atoms with Crippen LogP contribution in [-0.2, 0) is 24.3 Å². The van der Waals surface area contributed by atoms with Crippen LogP contribution >= 0.6 is 22.9 Å². The van der Waals surface area contributed by atoms with Crippen LogP contribution < -0.4 is 0 Å². The molecule has 3 aromatic heterocycles. The standard InChI is InChI=1S/C22H19ClN2O3S/c23-19-8-2-1-7-18(19)20-13-24-21(28-20)9-10-22(26)25(14-16-5-3-11-27-16)15-17-6-4-12-29-17/h1-8,11-13H,9-10,14-15H2. The highest BCUT2D eigenvalue weighted by molar-refractivity contribution is 7.09. The number of halogens is 1. The van der Waals surface area contributed by atoms with Gasteiger partial charge in [0.15, 0.2) is 11.7 Å². The van der Waals surface area contributed by atoms with Crippen molar-refractivity contribution in [2.75, 3.05) is 0 Å². The molecule has 0 aliphatic heterocycles. The van der Waals surface area contributed by atoms with E-state index in [2.05, 4.69) is 4.98 Å². The number of carbonyl (C=O) groups excluding carboxylic acids is 1. The Balaban J connectivity index is 1.42. The quantitative estimate of drug-likeness (QED) is 0.356. The molecule has 0 aliphatic carbocycles. The highest BCUT2D eigenvalue weighted by atomic mass is 35.5. The predicted octanol–water partition coefficient (Wildman–Crippen LogP) is 5.81. The summed E-state index contributed by atoms with van der Waals surface area (Å²) in [4.78, 5) is 20.1. The molecule has 148 valence electrons. The summed E-state index contributed by atoms with van der Waals surface area (Å²) in [5.41, 5.74) is 0.788. The Morgan fingerprint density at radius 3 is 2.76 bits per heavy atom. The summed E-state index contributed by atoms with van der Waals surface area (Å²) >= 11 is 7.85. The lowest BCUT2D eigenvalue weighted by Crippen LogP contribution is -2.29. The molecule has 0 radical (unpaired) electrons. The first kappa shape index (κ1) is 19.5. The van der Waals surface area contributed by atoms with Crippen molar-refractivity contribution in [2.45, 2.75) is 25.9 Å². The molecule has 0 spiro atoms. The van der Waals surface area contributed by atoms with E-state index in [1.807, 2.05) is 47.8 Å². The fourth-order valence-electron chi connectivity index (χ4n) is 3.00. The maximum Gasteiger partial charge on any atom is 0.223 e. The normalized spacial score (nSPS) is 10.9. The smallest absolute Gasteiger partial charge is 0.223 e. The van der Waals surface area contributed by atoms with Gasteiger partial charge in [-0.3, -0.25) is 4.79 Å². The third kappa shape index (κ3) is 4.96. The van der Waals surface area contributed by atoms with Gasteiger partial charge in [-0.15, -0.1) is 11.3 Å². The molecule has 0 unspecified atom stereocenters. The average Bonchev–Trinajstić information content (AvgIpc) is 3.49. The number of amides is 1. The Bertz CT molecular complexity index is 1020. The van der Waals surface area contributed by atoms with Crippen molar-refractivity contribution >= 4 is 28.8 Å². The molecule has 4 aromatic rings. The van der Waals surface area contributed by atoms with Crippen LogP contribution in [0.4, 0.5) is 0 Å². The molecule has 0 aliphatic rings. The summed E-state index contributed by atoms with van der Waals surface area (Å²) in [5, 5.41) is 2.61. The van der Waals surface area contributed by atoms with Gasteiger partial charge in [-0.05, 0) is 35.7 Å². The molecule has 3 heterocycles. The summed E-state index contributed by atoms with van der Waals surface area (Å²) in [6.45, 7) is 0.980.